The van der Waals surface area contributed by atoms with Gasteiger partial charge in [0.15, 0.2) is 0 Å². The normalized spacial score (nSPS) is 11.5. The lowest BCUT2D eigenvalue weighted by molar-refractivity contribution is 0.0734. The first kappa shape index (κ1) is 28.0. The molecule has 0 bridgehead atoms. The Hall–Kier alpha value is -3.53. The molecule has 0 saturated heterocycles. The predicted molar refractivity (Wildman–Crippen MR) is 152 cm³/mol. The average molecular weight is 501 g/mol. The summed E-state index contributed by atoms with van der Waals surface area (Å²) in [5.41, 5.74) is 2.60. The molecule has 0 aliphatic rings. The number of benzene rings is 3. The fourth-order valence-electron chi connectivity index (χ4n) is 3.78. The molecule has 0 saturated carbocycles. The zero-order chi connectivity index (χ0) is 26.3. The standard InChI is InChI=1S/C33H40O4/c1-4-6-7-8-9-10-11-24-35-30-20-22-32(23-21-30)37-33(34)29-14-12-27(13-15-29)28-16-18-31(19-17-28)36-25-26(3)5-2/h4,12-23,26H,1,5-11,24-25H2,2-3H3/t26-/m0/s1. The zero-order valence-corrected chi connectivity index (χ0v) is 22.3. The Morgan fingerprint density at radius 2 is 1.30 bits per heavy atom. The summed E-state index contributed by atoms with van der Waals surface area (Å²) in [4.78, 5) is 12.6. The van der Waals surface area contributed by atoms with E-state index in [1.54, 1.807) is 24.3 Å². The summed E-state index contributed by atoms with van der Waals surface area (Å²) in [7, 11) is 0. The van der Waals surface area contributed by atoms with E-state index in [0.29, 0.717) is 23.8 Å². The van der Waals surface area contributed by atoms with Crippen molar-refractivity contribution in [2.24, 2.45) is 5.92 Å². The van der Waals surface area contributed by atoms with E-state index >= 15 is 0 Å². The largest absolute Gasteiger partial charge is 0.494 e. The van der Waals surface area contributed by atoms with Gasteiger partial charge in [0.25, 0.3) is 0 Å². The number of hydrogen-bond acceptors (Lipinski definition) is 4. The molecule has 0 radical (unpaired) electrons. The van der Waals surface area contributed by atoms with E-state index in [1.807, 2.05) is 54.6 Å². The van der Waals surface area contributed by atoms with Gasteiger partial charge in [0.05, 0.1) is 18.8 Å². The topological polar surface area (TPSA) is 44.8 Å². The Morgan fingerprint density at radius 3 is 1.95 bits per heavy atom. The summed E-state index contributed by atoms with van der Waals surface area (Å²) in [5, 5.41) is 0. The third-order valence-electron chi connectivity index (χ3n) is 6.40. The van der Waals surface area contributed by atoms with E-state index in [4.69, 9.17) is 14.2 Å². The minimum atomic E-state index is -0.384. The van der Waals surface area contributed by atoms with E-state index < -0.39 is 0 Å². The number of unbranched alkanes of at least 4 members (excludes halogenated alkanes) is 5. The lowest BCUT2D eigenvalue weighted by Crippen LogP contribution is -2.08. The summed E-state index contributed by atoms with van der Waals surface area (Å²) in [6.45, 7) is 9.52. The highest BCUT2D eigenvalue weighted by Crippen LogP contribution is 2.24. The van der Waals surface area contributed by atoms with Gasteiger partial charge in [-0.25, -0.2) is 4.79 Å². The summed E-state index contributed by atoms with van der Waals surface area (Å²) >= 11 is 0. The number of allylic oxidation sites excluding steroid dienone is 1. The molecule has 0 heterocycles. The van der Waals surface area contributed by atoms with Gasteiger partial charge in [-0.2, -0.15) is 0 Å². The quantitative estimate of drug-likeness (QED) is 0.0852. The first-order chi connectivity index (χ1) is 18.1. The van der Waals surface area contributed by atoms with Crippen molar-refractivity contribution in [3.8, 4) is 28.4 Å². The van der Waals surface area contributed by atoms with Gasteiger partial charge in [-0.05, 0) is 84.8 Å². The molecule has 0 aromatic heterocycles. The van der Waals surface area contributed by atoms with Crippen LogP contribution in [0.3, 0.4) is 0 Å². The van der Waals surface area contributed by atoms with Gasteiger partial charge in [-0.1, -0.05) is 69.9 Å². The van der Waals surface area contributed by atoms with Crippen molar-refractivity contribution in [2.45, 2.75) is 58.8 Å². The highest BCUT2D eigenvalue weighted by molar-refractivity contribution is 5.91. The van der Waals surface area contributed by atoms with Crippen LogP contribution in [-0.2, 0) is 0 Å². The maximum Gasteiger partial charge on any atom is 0.343 e. The minimum absolute atomic E-state index is 0.384. The Balaban J connectivity index is 1.43. The molecule has 0 N–H and O–H groups in total. The number of hydrogen-bond donors (Lipinski definition) is 0. The van der Waals surface area contributed by atoms with Crippen LogP contribution < -0.4 is 14.2 Å². The summed E-state index contributed by atoms with van der Waals surface area (Å²) in [6, 6.07) is 22.7. The fourth-order valence-corrected chi connectivity index (χ4v) is 3.78. The van der Waals surface area contributed by atoms with Crippen molar-refractivity contribution >= 4 is 5.97 Å². The number of rotatable bonds is 16. The number of carbonyl (C=O) groups excluding carboxylic acids is 1. The SMILES string of the molecule is C=CCCCCCCCOc1ccc(OC(=O)c2ccc(-c3ccc(OC[C@@H](C)CC)cc3)cc2)cc1. The van der Waals surface area contributed by atoms with Crippen LogP contribution in [0, 0.1) is 5.92 Å². The molecule has 0 aliphatic carbocycles. The van der Waals surface area contributed by atoms with Crippen molar-refractivity contribution in [3.05, 3.63) is 91.0 Å². The molecular weight excluding hydrogens is 460 g/mol. The minimum Gasteiger partial charge on any atom is -0.494 e. The molecule has 0 aliphatic heterocycles. The highest BCUT2D eigenvalue weighted by atomic mass is 16.5. The van der Waals surface area contributed by atoms with Gasteiger partial charge in [-0.3, -0.25) is 0 Å². The van der Waals surface area contributed by atoms with Crippen LogP contribution in [0.1, 0.15) is 69.2 Å². The van der Waals surface area contributed by atoms with E-state index in [2.05, 4.69) is 20.4 Å². The molecule has 0 amide bonds. The Kier molecular flexibility index (Phi) is 11.8. The first-order valence-corrected chi connectivity index (χ1v) is 13.5. The summed E-state index contributed by atoms with van der Waals surface area (Å²) in [6.07, 6.45) is 10.1. The van der Waals surface area contributed by atoms with Crippen LogP contribution in [0.2, 0.25) is 0 Å². The smallest absolute Gasteiger partial charge is 0.343 e. The van der Waals surface area contributed by atoms with Gasteiger partial charge in [0, 0.05) is 0 Å². The first-order valence-electron chi connectivity index (χ1n) is 13.5. The summed E-state index contributed by atoms with van der Waals surface area (Å²) in [5.74, 6) is 2.31. The third-order valence-corrected chi connectivity index (χ3v) is 6.40. The second kappa shape index (κ2) is 15.6. The van der Waals surface area contributed by atoms with Crippen molar-refractivity contribution in [2.75, 3.05) is 13.2 Å². The van der Waals surface area contributed by atoms with E-state index in [0.717, 1.165) is 48.5 Å². The van der Waals surface area contributed by atoms with Crippen LogP contribution in [-0.4, -0.2) is 19.2 Å². The molecule has 0 unspecified atom stereocenters. The van der Waals surface area contributed by atoms with Crippen molar-refractivity contribution in [1.82, 2.24) is 0 Å². The summed E-state index contributed by atoms with van der Waals surface area (Å²) < 4.78 is 17.2. The van der Waals surface area contributed by atoms with Gasteiger partial charge < -0.3 is 14.2 Å². The van der Waals surface area contributed by atoms with Gasteiger partial charge in [-0.15, -0.1) is 6.58 Å². The Morgan fingerprint density at radius 1 is 0.757 bits per heavy atom. The Labute approximate surface area is 222 Å². The molecule has 4 nitrogen and oxygen atoms in total. The van der Waals surface area contributed by atoms with E-state index in [-0.39, 0.29) is 5.97 Å². The molecule has 196 valence electrons. The molecule has 0 spiro atoms. The second-order valence-electron chi connectivity index (χ2n) is 9.48. The second-order valence-corrected chi connectivity index (χ2v) is 9.48. The molecule has 4 heteroatoms. The molecule has 3 aromatic carbocycles. The maximum absolute atomic E-state index is 12.6. The monoisotopic (exact) mass is 500 g/mol. The third kappa shape index (κ3) is 9.80. The van der Waals surface area contributed by atoms with Crippen molar-refractivity contribution in [3.63, 3.8) is 0 Å². The Bertz CT molecular complexity index is 1070. The molecule has 0 fully saturated rings. The van der Waals surface area contributed by atoms with E-state index in [1.165, 1.54) is 25.7 Å². The van der Waals surface area contributed by atoms with Crippen LogP contribution >= 0.6 is 0 Å². The molecule has 1 atom stereocenters. The predicted octanol–water partition coefficient (Wildman–Crippen LogP) is 8.90. The fraction of sp³-hybridized carbons (Fsp3) is 0.364. The lowest BCUT2D eigenvalue weighted by atomic mass is 10.0. The van der Waals surface area contributed by atoms with Crippen LogP contribution in [0.4, 0.5) is 0 Å². The highest BCUT2D eigenvalue weighted by Gasteiger charge is 2.10. The molecule has 37 heavy (non-hydrogen) atoms. The van der Waals surface area contributed by atoms with E-state index in [9.17, 15) is 4.79 Å². The molecule has 3 rings (SSSR count). The van der Waals surface area contributed by atoms with Gasteiger partial charge in [0.1, 0.15) is 17.2 Å². The lowest BCUT2D eigenvalue weighted by Gasteiger charge is -2.11. The number of esters is 1. The zero-order valence-electron chi connectivity index (χ0n) is 22.3. The van der Waals surface area contributed by atoms with Crippen molar-refractivity contribution < 1.29 is 19.0 Å². The van der Waals surface area contributed by atoms with Gasteiger partial charge in [0.2, 0.25) is 0 Å². The number of ether oxygens (including phenoxy) is 3. The van der Waals surface area contributed by atoms with Crippen LogP contribution in [0.25, 0.3) is 11.1 Å². The van der Waals surface area contributed by atoms with Gasteiger partial charge >= 0.3 is 5.97 Å². The average Bonchev–Trinajstić information content (AvgIpc) is 2.94. The maximum atomic E-state index is 12.6. The van der Waals surface area contributed by atoms with Crippen molar-refractivity contribution in [1.29, 1.82) is 0 Å². The number of carbonyl (C=O) groups is 1. The molecule has 3 aromatic rings. The van der Waals surface area contributed by atoms with Crippen LogP contribution in [0.15, 0.2) is 85.5 Å². The molecular formula is C33H40O4. The van der Waals surface area contributed by atoms with Crippen LogP contribution in [0.5, 0.6) is 17.2 Å².